The molecule has 0 radical (unpaired) electrons. The van der Waals surface area contributed by atoms with Crippen molar-refractivity contribution in [1.82, 2.24) is 24.7 Å². The van der Waals surface area contributed by atoms with Gasteiger partial charge in [0.2, 0.25) is 5.91 Å². The van der Waals surface area contributed by atoms with E-state index in [1.54, 1.807) is 61.6 Å². The summed E-state index contributed by atoms with van der Waals surface area (Å²) >= 11 is 0. The number of hydrogen-bond acceptors (Lipinski definition) is 9. The molecule has 2 aliphatic heterocycles. The molecule has 0 spiro atoms. The Bertz CT molecular complexity index is 2380. The fourth-order valence-corrected chi connectivity index (χ4v) is 7.62. The van der Waals surface area contributed by atoms with Crippen LogP contribution in [0.25, 0.3) is 11.0 Å². The van der Waals surface area contributed by atoms with Gasteiger partial charge in [0.1, 0.15) is 22.8 Å². The zero-order valence-electron chi connectivity index (χ0n) is 34.6. The number of nitrogens with zero attached hydrogens (tertiary/aromatic N) is 5. The number of aromatic amines is 1. The van der Waals surface area contributed by atoms with Gasteiger partial charge < -0.3 is 34.5 Å². The molecule has 14 nitrogen and oxygen atoms in total. The second-order valence-electron chi connectivity index (χ2n) is 15.3. The molecular weight excluding hydrogens is 763 g/mol. The van der Waals surface area contributed by atoms with Gasteiger partial charge >= 0.3 is 0 Å². The minimum Gasteiger partial charge on any atom is -0.495 e. The van der Waals surface area contributed by atoms with Crippen LogP contribution in [0.15, 0.2) is 78.9 Å². The lowest BCUT2D eigenvalue weighted by Gasteiger charge is -2.32. The van der Waals surface area contributed by atoms with Crippen LogP contribution in [0.4, 0.5) is 11.4 Å². The molecule has 0 atom stereocenters. The zero-order valence-corrected chi connectivity index (χ0v) is 34.6. The number of amides is 5. The van der Waals surface area contributed by atoms with E-state index < -0.39 is 5.91 Å². The number of imide groups is 1. The van der Waals surface area contributed by atoms with E-state index >= 15 is 0 Å². The molecule has 0 aliphatic carbocycles. The highest BCUT2D eigenvalue weighted by molar-refractivity contribution is 6.21. The molecule has 2 aliphatic rings. The van der Waals surface area contributed by atoms with E-state index in [1.165, 1.54) is 16.9 Å². The Morgan fingerprint density at radius 1 is 0.850 bits per heavy atom. The first-order valence-corrected chi connectivity index (χ1v) is 20.4. The summed E-state index contributed by atoms with van der Waals surface area (Å²) in [7, 11) is 5.24. The number of aryl methyl sites for hydroxylation is 2. The summed E-state index contributed by atoms with van der Waals surface area (Å²) in [5.41, 5.74) is 4.65. The quantitative estimate of drug-likeness (QED) is 0.0856. The van der Waals surface area contributed by atoms with E-state index in [4.69, 9.17) is 14.5 Å². The number of ether oxygens (including phenoxy) is 2. The van der Waals surface area contributed by atoms with Gasteiger partial charge in [0.15, 0.2) is 0 Å². The molecule has 5 amide bonds. The highest BCUT2D eigenvalue weighted by atomic mass is 16.5. The number of imidazole rings is 1. The predicted molar refractivity (Wildman–Crippen MR) is 229 cm³/mol. The molecular formula is C46H51N7O7. The summed E-state index contributed by atoms with van der Waals surface area (Å²) in [5.74, 6) is 0.433. The Morgan fingerprint density at radius 2 is 1.60 bits per heavy atom. The summed E-state index contributed by atoms with van der Waals surface area (Å²) in [6.07, 6.45) is 3.93. The highest BCUT2D eigenvalue weighted by Gasteiger charge is 2.34. The van der Waals surface area contributed by atoms with Gasteiger partial charge in [0.25, 0.3) is 23.6 Å². The number of likely N-dealkylation sites (N-methyl/N-ethyl adjacent to an activating group) is 1. The van der Waals surface area contributed by atoms with Crippen LogP contribution in [0.1, 0.15) is 84.9 Å². The number of nitrogens with one attached hydrogen (secondary N) is 2. The Balaban J connectivity index is 0.943. The van der Waals surface area contributed by atoms with Gasteiger partial charge in [0, 0.05) is 58.2 Å². The van der Waals surface area contributed by atoms with Gasteiger partial charge in [-0.05, 0) is 99.8 Å². The largest absolute Gasteiger partial charge is 0.495 e. The number of H-pyrrole nitrogens is 1. The molecule has 1 fully saturated rings. The van der Waals surface area contributed by atoms with E-state index in [0.717, 1.165) is 51.0 Å². The van der Waals surface area contributed by atoms with Crippen LogP contribution in [0.5, 0.6) is 11.5 Å². The van der Waals surface area contributed by atoms with Crippen molar-refractivity contribution >= 4 is 51.9 Å². The van der Waals surface area contributed by atoms with E-state index in [0.29, 0.717) is 87.9 Å². The number of methoxy groups -OCH3 is 1. The molecule has 1 aromatic heterocycles. The first kappa shape index (κ1) is 41.6. The Kier molecular flexibility index (Phi) is 12.9. The molecule has 2 N–H and O–H groups in total. The van der Waals surface area contributed by atoms with Crippen molar-refractivity contribution in [2.75, 3.05) is 70.8 Å². The number of carbonyl (C=O) groups excluding carboxylic acids is 5. The van der Waals surface area contributed by atoms with Crippen LogP contribution in [-0.4, -0.2) is 115 Å². The minimum atomic E-state index is -0.415. The summed E-state index contributed by atoms with van der Waals surface area (Å²) in [5, 5.41) is 2.92. The number of para-hydroxylation sites is 1. The van der Waals surface area contributed by atoms with Crippen LogP contribution in [0.2, 0.25) is 0 Å². The Labute approximate surface area is 349 Å². The monoisotopic (exact) mass is 813 g/mol. The number of unbranched alkanes of at least 4 members (excludes halogenated alkanes) is 2. The van der Waals surface area contributed by atoms with Gasteiger partial charge in [-0.3, -0.25) is 28.9 Å². The summed E-state index contributed by atoms with van der Waals surface area (Å²) in [6, 6.07) is 22.6. The molecule has 7 rings (SSSR count). The number of anilines is 2. The maximum Gasteiger partial charge on any atom is 0.261 e. The van der Waals surface area contributed by atoms with Crippen molar-refractivity contribution in [3.05, 3.63) is 113 Å². The molecule has 60 heavy (non-hydrogen) atoms. The van der Waals surface area contributed by atoms with Crippen molar-refractivity contribution in [2.45, 2.75) is 45.4 Å². The van der Waals surface area contributed by atoms with Crippen molar-refractivity contribution < 1.29 is 33.4 Å². The minimum absolute atomic E-state index is 0.215. The summed E-state index contributed by atoms with van der Waals surface area (Å²) in [4.78, 5) is 80.6. The first-order chi connectivity index (χ1) is 29.0. The molecule has 3 heterocycles. The van der Waals surface area contributed by atoms with Crippen LogP contribution in [0.3, 0.4) is 0 Å². The average Bonchev–Trinajstić information content (AvgIpc) is 3.79. The molecule has 4 aromatic carbocycles. The second kappa shape index (κ2) is 18.6. The number of piperazine rings is 1. The topological polar surface area (TPSA) is 157 Å². The maximum atomic E-state index is 13.9. The fraction of sp³-hybridized carbons (Fsp3) is 0.348. The van der Waals surface area contributed by atoms with E-state index in [2.05, 4.69) is 22.2 Å². The van der Waals surface area contributed by atoms with E-state index in [1.807, 2.05) is 36.1 Å². The highest BCUT2D eigenvalue weighted by Crippen LogP contribution is 2.33. The molecule has 5 aromatic rings. The molecule has 14 heteroatoms. The smallest absolute Gasteiger partial charge is 0.261 e. The van der Waals surface area contributed by atoms with Gasteiger partial charge in [0.05, 0.1) is 47.3 Å². The molecule has 0 bridgehead atoms. The standard InChI is InChI=1S/C46H51N7O7/c1-30-18-21-37(39(28-30)60-27-9-5-6-17-41(54)52-25-23-50(2)24-26-52)51(3)44(56)31-19-20-35(38(29-31)59-4)48-43(55)34-14-10-15-36-42(34)49-40(47-36)16-11-22-53-45(57)32-12-7-8-13-33(32)46(53)58/h7-8,10,12-15,18-21,28-29H,5-6,9,11,16-17,22-27H2,1-4H3,(H,47,49)(H,48,55). The molecule has 0 saturated carbocycles. The third kappa shape index (κ3) is 9.18. The molecule has 1 saturated heterocycles. The normalized spacial score (nSPS) is 14.1. The van der Waals surface area contributed by atoms with Gasteiger partial charge in [-0.25, -0.2) is 4.98 Å². The van der Waals surface area contributed by atoms with E-state index in [9.17, 15) is 24.0 Å². The third-order valence-electron chi connectivity index (χ3n) is 11.1. The van der Waals surface area contributed by atoms with Crippen molar-refractivity contribution in [2.24, 2.45) is 0 Å². The van der Waals surface area contributed by atoms with Gasteiger partial charge in [-0.2, -0.15) is 0 Å². The van der Waals surface area contributed by atoms with Crippen LogP contribution in [0, 0.1) is 6.92 Å². The number of hydrogen-bond donors (Lipinski definition) is 2. The average molecular weight is 814 g/mol. The fourth-order valence-electron chi connectivity index (χ4n) is 7.62. The lowest BCUT2D eigenvalue weighted by molar-refractivity contribution is -0.132. The van der Waals surface area contributed by atoms with Gasteiger partial charge in [-0.1, -0.05) is 24.3 Å². The number of benzene rings is 4. The van der Waals surface area contributed by atoms with Crippen LogP contribution >= 0.6 is 0 Å². The van der Waals surface area contributed by atoms with Crippen molar-refractivity contribution in [3.63, 3.8) is 0 Å². The third-order valence-corrected chi connectivity index (χ3v) is 11.1. The Hall–Kier alpha value is -6.54. The van der Waals surface area contributed by atoms with Crippen molar-refractivity contribution in [1.29, 1.82) is 0 Å². The summed E-state index contributed by atoms with van der Waals surface area (Å²) in [6.45, 7) is 6.07. The number of fused-ring (bicyclic) bond motifs is 2. The van der Waals surface area contributed by atoms with Crippen molar-refractivity contribution in [3.8, 4) is 11.5 Å². The van der Waals surface area contributed by atoms with E-state index in [-0.39, 0.29) is 30.2 Å². The molecule has 312 valence electrons. The predicted octanol–water partition coefficient (Wildman–Crippen LogP) is 6.35. The molecule has 0 unspecified atom stereocenters. The SMILES string of the molecule is COc1cc(C(=O)N(C)c2ccc(C)cc2OCCCCCC(=O)N2CCN(C)CC2)ccc1NC(=O)c1cccc2[nH]c(CCCN3C(=O)c4ccccc4C3=O)nc12. The van der Waals surface area contributed by atoms with Gasteiger partial charge in [-0.15, -0.1) is 0 Å². The number of carbonyl (C=O) groups is 5. The number of aromatic nitrogens is 2. The Morgan fingerprint density at radius 3 is 2.33 bits per heavy atom. The second-order valence-corrected chi connectivity index (χ2v) is 15.3. The lowest BCUT2D eigenvalue weighted by atomic mass is 10.1. The van der Waals surface area contributed by atoms with Crippen LogP contribution in [-0.2, 0) is 11.2 Å². The first-order valence-electron chi connectivity index (χ1n) is 20.4. The maximum absolute atomic E-state index is 13.9. The summed E-state index contributed by atoms with van der Waals surface area (Å²) < 4.78 is 11.8. The van der Waals surface area contributed by atoms with Crippen LogP contribution < -0.4 is 19.7 Å². The number of rotatable bonds is 16. The zero-order chi connectivity index (χ0) is 42.3. The lowest BCUT2D eigenvalue weighted by Crippen LogP contribution is -2.47.